The second kappa shape index (κ2) is 7.79. The molecule has 0 atom stereocenters. The topological polar surface area (TPSA) is 36.4 Å². The molecule has 1 amide bonds. The number of nitrogens with zero attached hydrogens (tertiary/aromatic N) is 3. The number of aromatic nitrogens is 1. The molecule has 6 heteroatoms. The van der Waals surface area contributed by atoms with Crippen LogP contribution in [-0.4, -0.2) is 64.4 Å². The molecule has 3 heterocycles. The summed E-state index contributed by atoms with van der Waals surface area (Å²) < 4.78 is 0.856. The Kier molecular flexibility index (Phi) is 5.77. The van der Waals surface area contributed by atoms with Gasteiger partial charge in [0.2, 0.25) is 0 Å². The molecule has 2 aliphatic rings. The molecule has 22 heavy (non-hydrogen) atoms. The lowest BCUT2D eigenvalue weighted by Crippen LogP contribution is -2.41. The van der Waals surface area contributed by atoms with Crippen LogP contribution in [0.25, 0.3) is 0 Å². The zero-order valence-electron chi connectivity index (χ0n) is 12.7. The van der Waals surface area contributed by atoms with Crippen LogP contribution in [0.1, 0.15) is 29.6 Å². The normalized spacial score (nSPS) is 21.6. The van der Waals surface area contributed by atoms with Gasteiger partial charge in [-0.1, -0.05) is 0 Å². The molecular weight excluding hydrogens is 362 g/mol. The standard InChI is InChI=1S/C16H22BrN3OS/c17-14-10-13(11-18-12-14)16(21)20-5-1-4-19(6-7-20)15-2-8-22-9-3-15/h10-12,15H,1-9H2. The van der Waals surface area contributed by atoms with Crippen molar-refractivity contribution in [2.24, 2.45) is 0 Å². The Morgan fingerprint density at radius 1 is 1.18 bits per heavy atom. The minimum Gasteiger partial charge on any atom is -0.337 e. The third-order valence-corrected chi connectivity index (χ3v) is 5.96. The lowest BCUT2D eigenvalue weighted by molar-refractivity contribution is 0.0757. The Balaban J connectivity index is 1.61. The summed E-state index contributed by atoms with van der Waals surface area (Å²) in [6, 6.07) is 2.58. The zero-order chi connectivity index (χ0) is 15.4. The Bertz CT molecular complexity index is 522. The summed E-state index contributed by atoms with van der Waals surface area (Å²) in [5.74, 6) is 2.68. The third-order valence-electron chi connectivity index (χ3n) is 4.48. The Morgan fingerprint density at radius 2 is 2.00 bits per heavy atom. The van der Waals surface area contributed by atoms with E-state index >= 15 is 0 Å². The van der Waals surface area contributed by atoms with Crippen molar-refractivity contribution < 1.29 is 4.79 Å². The van der Waals surface area contributed by atoms with Crippen LogP contribution < -0.4 is 0 Å². The second-order valence-electron chi connectivity index (χ2n) is 5.92. The Hall–Kier alpha value is -0.590. The fraction of sp³-hybridized carbons (Fsp3) is 0.625. The molecule has 0 N–H and O–H groups in total. The van der Waals surface area contributed by atoms with E-state index in [0.29, 0.717) is 5.56 Å². The molecule has 0 unspecified atom stereocenters. The van der Waals surface area contributed by atoms with E-state index in [2.05, 4.69) is 37.6 Å². The van der Waals surface area contributed by atoms with E-state index in [1.807, 2.05) is 11.0 Å². The van der Waals surface area contributed by atoms with Crippen molar-refractivity contribution in [3.63, 3.8) is 0 Å². The van der Waals surface area contributed by atoms with E-state index < -0.39 is 0 Å². The van der Waals surface area contributed by atoms with Crippen LogP contribution in [0.4, 0.5) is 0 Å². The number of carbonyl (C=O) groups is 1. The minimum atomic E-state index is 0.106. The Morgan fingerprint density at radius 3 is 2.77 bits per heavy atom. The maximum atomic E-state index is 12.6. The number of halogens is 1. The van der Waals surface area contributed by atoms with Gasteiger partial charge >= 0.3 is 0 Å². The molecule has 0 spiro atoms. The van der Waals surface area contributed by atoms with Crippen molar-refractivity contribution in [2.75, 3.05) is 37.7 Å². The van der Waals surface area contributed by atoms with Gasteiger partial charge in [0, 0.05) is 49.1 Å². The molecule has 3 rings (SSSR count). The predicted molar refractivity (Wildman–Crippen MR) is 94.4 cm³/mol. The van der Waals surface area contributed by atoms with Crippen LogP contribution in [0.15, 0.2) is 22.9 Å². The summed E-state index contributed by atoms with van der Waals surface area (Å²) in [6.45, 7) is 3.80. The molecule has 0 aliphatic carbocycles. The maximum absolute atomic E-state index is 12.6. The quantitative estimate of drug-likeness (QED) is 0.786. The largest absolute Gasteiger partial charge is 0.337 e. The first kappa shape index (κ1) is 16.3. The van der Waals surface area contributed by atoms with Crippen molar-refractivity contribution >= 4 is 33.6 Å². The van der Waals surface area contributed by atoms with Crippen LogP contribution >= 0.6 is 27.7 Å². The number of pyridine rings is 1. The van der Waals surface area contributed by atoms with Crippen LogP contribution in [0.5, 0.6) is 0 Å². The van der Waals surface area contributed by atoms with E-state index in [9.17, 15) is 4.79 Å². The number of thioether (sulfide) groups is 1. The van der Waals surface area contributed by atoms with Crippen LogP contribution in [0.3, 0.4) is 0 Å². The smallest absolute Gasteiger partial charge is 0.255 e. The highest BCUT2D eigenvalue weighted by molar-refractivity contribution is 9.10. The van der Waals surface area contributed by atoms with E-state index in [-0.39, 0.29) is 5.91 Å². The van der Waals surface area contributed by atoms with Gasteiger partial charge in [-0.3, -0.25) is 14.7 Å². The monoisotopic (exact) mass is 383 g/mol. The third kappa shape index (κ3) is 4.03. The number of amides is 1. The van der Waals surface area contributed by atoms with Crippen molar-refractivity contribution in [3.8, 4) is 0 Å². The molecule has 0 aromatic carbocycles. The zero-order valence-corrected chi connectivity index (χ0v) is 15.1. The van der Waals surface area contributed by atoms with E-state index in [1.54, 1.807) is 12.4 Å². The van der Waals surface area contributed by atoms with E-state index in [1.165, 1.54) is 24.3 Å². The van der Waals surface area contributed by atoms with Gasteiger partial charge < -0.3 is 4.90 Å². The number of rotatable bonds is 2. The summed E-state index contributed by atoms with van der Waals surface area (Å²) in [7, 11) is 0. The molecule has 0 bridgehead atoms. The molecule has 2 saturated heterocycles. The fourth-order valence-corrected chi connectivity index (χ4v) is 4.71. The molecule has 1 aromatic rings. The van der Waals surface area contributed by atoms with Gasteiger partial charge in [0.15, 0.2) is 0 Å². The highest BCUT2D eigenvalue weighted by Gasteiger charge is 2.25. The van der Waals surface area contributed by atoms with Crippen molar-refractivity contribution in [1.29, 1.82) is 0 Å². The first-order valence-corrected chi connectivity index (χ1v) is 9.90. The van der Waals surface area contributed by atoms with Gasteiger partial charge in [-0.15, -0.1) is 0 Å². The molecular formula is C16H22BrN3OS. The van der Waals surface area contributed by atoms with Crippen molar-refractivity contribution in [2.45, 2.75) is 25.3 Å². The molecule has 1 aromatic heterocycles. The SMILES string of the molecule is O=C(c1cncc(Br)c1)N1CCCN(C2CCSCC2)CC1. The van der Waals surface area contributed by atoms with Crippen molar-refractivity contribution in [3.05, 3.63) is 28.5 Å². The molecule has 4 nitrogen and oxygen atoms in total. The predicted octanol–water partition coefficient (Wildman–Crippen LogP) is 2.89. The molecule has 0 saturated carbocycles. The summed E-state index contributed by atoms with van der Waals surface area (Å²) in [5.41, 5.74) is 0.678. The number of hydrogen-bond acceptors (Lipinski definition) is 4. The fourth-order valence-electron chi connectivity index (χ4n) is 3.27. The highest BCUT2D eigenvalue weighted by atomic mass is 79.9. The molecule has 2 fully saturated rings. The minimum absolute atomic E-state index is 0.106. The van der Waals surface area contributed by atoms with E-state index in [0.717, 1.165) is 43.1 Å². The van der Waals surface area contributed by atoms with Gasteiger partial charge in [-0.05, 0) is 52.8 Å². The van der Waals surface area contributed by atoms with Crippen LogP contribution in [0.2, 0.25) is 0 Å². The molecule has 120 valence electrons. The lowest BCUT2D eigenvalue weighted by atomic mass is 10.1. The number of hydrogen-bond donors (Lipinski definition) is 0. The van der Waals surface area contributed by atoms with E-state index in [4.69, 9.17) is 0 Å². The number of carbonyl (C=O) groups excluding carboxylic acids is 1. The highest BCUT2D eigenvalue weighted by Crippen LogP contribution is 2.23. The first-order valence-electron chi connectivity index (χ1n) is 7.95. The summed E-state index contributed by atoms with van der Waals surface area (Å²) in [6.07, 6.45) is 7.04. The van der Waals surface area contributed by atoms with Crippen LogP contribution in [-0.2, 0) is 0 Å². The summed E-state index contributed by atoms with van der Waals surface area (Å²) in [4.78, 5) is 21.3. The lowest BCUT2D eigenvalue weighted by Gasteiger charge is -2.33. The summed E-state index contributed by atoms with van der Waals surface area (Å²) >= 11 is 5.46. The first-order chi connectivity index (χ1) is 10.7. The van der Waals surface area contributed by atoms with Gasteiger partial charge in [0.05, 0.1) is 5.56 Å². The van der Waals surface area contributed by atoms with Gasteiger partial charge in [-0.2, -0.15) is 11.8 Å². The maximum Gasteiger partial charge on any atom is 0.255 e. The average Bonchev–Trinajstić information content (AvgIpc) is 2.81. The van der Waals surface area contributed by atoms with Gasteiger partial charge in [0.1, 0.15) is 0 Å². The average molecular weight is 384 g/mol. The second-order valence-corrected chi connectivity index (χ2v) is 8.06. The molecule has 0 radical (unpaired) electrons. The molecule has 2 aliphatic heterocycles. The van der Waals surface area contributed by atoms with Gasteiger partial charge in [0.25, 0.3) is 5.91 Å². The van der Waals surface area contributed by atoms with Gasteiger partial charge in [-0.25, -0.2) is 0 Å². The Labute approximate surface area is 144 Å². The van der Waals surface area contributed by atoms with Crippen LogP contribution in [0, 0.1) is 0 Å². The summed E-state index contributed by atoms with van der Waals surface area (Å²) in [5, 5.41) is 0. The van der Waals surface area contributed by atoms with Crippen molar-refractivity contribution in [1.82, 2.24) is 14.8 Å².